The minimum Gasteiger partial charge on any atom is -0.368 e. The molecule has 0 aliphatic heterocycles. The van der Waals surface area contributed by atoms with Gasteiger partial charge in [-0.2, -0.15) is 18.3 Å². The number of pyridine rings is 1. The van der Waals surface area contributed by atoms with Crippen molar-refractivity contribution in [3.63, 3.8) is 0 Å². The number of anilines is 1. The molecule has 1 fully saturated rings. The number of nitrogens with one attached hydrogen (secondary N) is 3. The van der Waals surface area contributed by atoms with Gasteiger partial charge in [-0.3, -0.25) is 14.3 Å². The van der Waals surface area contributed by atoms with Crippen LogP contribution in [-0.2, 0) is 6.18 Å². The van der Waals surface area contributed by atoms with E-state index in [0.717, 1.165) is 42.8 Å². The zero-order valence-corrected chi connectivity index (χ0v) is 17.0. The van der Waals surface area contributed by atoms with Crippen molar-refractivity contribution in [2.75, 3.05) is 5.32 Å². The Bertz CT molecular complexity index is 1270. The van der Waals surface area contributed by atoms with Crippen molar-refractivity contribution in [1.29, 1.82) is 0 Å². The number of imidazole rings is 1. The summed E-state index contributed by atoms with van der Waals surface area (Å²) in [6, 6.07) is 12.5. The van der Waals surface area contributed by atoms with E-state index < -0.39 is 11.9 Å². The van der Waals surface area contributed by atoms with Gasteiger partial charge >= 0.3 is 6.18 Å². The Morgan fingerprint density at radius 1 is 1.03 bits per heavy atom. The molecular formula is C22H21F3N6O. The normalized spacial score (nSPS) is 19.3. The zero-order valence-electron chi connectivity index (χ0n) is 17.0. The lowest BCUT2D eigenvalue weighted by molar-refractivity contribution is -0.140. The second-order valence-corrected chi connectivity index (χ2v) is 8.05. The number of aromatic amines is 1. The van der Waals surface area contributed by atoms with Gasteiger partial charge in [-0.15, -0.1) is 0 Å². The first-order valence-electron chi connectivity index (χ1n) is 10.4. The number of fused-ring (bicyclic) bond motifs is 2. The molecule has 1 aliphatic carbocycles. The summed E-state index contributed by atoms with van der Waals surface area (Å²) in [5.41, 5.74) is 0.528. The molecule has 3 aromatic heterocycles. The zero-order chi connectivity index (χ0) is 22.3. The summed E-state index contributed by atoms with van der Waals surface area (Å²) in [4.78, 5) is 16.4. The number of halogens is 3. The number of carbonyl (C=O) groups is 1. The molecule has 1 saturated carbocycles. The van der Waals surface area contributed by atoms with E-state index in [1.807, 2.05) is 24.3 Å². The number of hydrogen-bond acceptors (Lipinski definition) is 4. The van der Waals surface area contributed by atoms with Crippen LogP contribution < -0.4 is 10.6 Å². The van der Waals surface area contributed by atoms with E-state index in [1.165, 1.54) is 4.40 Å². The van der Waals surface area contributed by atoms with Crippen LogP contribution in [0.5, 0.6) is 0 Å². The first kappa shape index (κ1) is 20.3. The standard InChI is InChI=1S/C22H21F3N6O/c23-22(24,25)17-12-31-18(6-3-7-19(31)28-17)26-13-8-10-14(11-9-13)27-21(32)20-15-4-1-2-5-16(15)29-30-20/h1-7,12-14,26H,8-11H2,(H,27,32)(H,29,30). The van der Waals surface area contributed by atoms with Crippen LogP contribution in [0.1, 0.15) is 41.9 Å². The Labute approximate surface area is 181 Å². The molecule has 0 atom stereocenters. The van der Waals surface area contributed by atoms with Crippen LogP contribution >= 0.6 is 0 Å². The van der Waals surface area contributed by atoms with Crippen LogP contribution in [-0.4, -0.2) is 37.6 Å². The average molecular weight is 442 g/mol. The largest absolute Gasteiger partial charge is 0.434 e. The maximum Gasteiger partial charge on any atom is 0.434 e. The molecule has 3 N–H and O–H groups in total. The van der Waals surface area contributed by atoms with E-state index >= 15 is 0 Å². The van der Waals surface area contributed by atoms with E-state index in [2.05, 4.69) is 25.8 Å². The first-order chi connectivity index (χ1) is 15.4. The third kappa shape index (κ3) is 3.88. The molecular weight excluding hydrogens is 421 g/mol. The molecule has 1 aromatic carbocycles. The molecule has 10 heteroatoms. The number of nitrogens with zero attached hydrogens (tertiary/aromatic N) is 3. The highest BCUT2D eigenvalue weighted by molar-refractivity contribution is 6.04. The fraction of sp³-hybridized carbons (Fsp3) is 0.318. The maximum atomic E-state index is 13.0. The number of alkyl halides is 3. The van der Waals surface area contributed by atoms with Gasteiger partial charge < -0.3 is 10.6 Å². The summed E-state index contributed by atoms with van der Waals surface area (Å²) in [5.74, 6) is 0.389. The Morgan fingerprint density at radius 3 is 2.56 bits per heavy atom. The van der Waals surface area contributed by atoms with Gasteiger partial charge in [0.05, 0.1) is 5.52 Å². The predicted molar refractivity (Wildman–Crippen MR) is 113 cm³/mol. The van der Waals surface area contributed by atoms with Gasteiger partial charge in [0.2, 0.25) is 0 Å². The Morgan fingerprint density at radius 2 is 1.78 bits per heavy atom. The molecule has 32 heavy (non-hydrogen) atoms. The number of benzene rings is 1. The quantitative estimate of drug-likeness (QED) is 0.438. The smallest absolute Gasteiger partial charge is 0.368 e. The molecule has 0 spiro atoms. The number of rotatable bonds is 4. The third-order valence-corrected chi connectivity index (χ3v) is 5.89. The van der Waals surface area contributed by atoms with Crippen molar-refractivity contribution in [3.8, 4) is 0 Å². The second-order valence-electron chi connectivity index (χ2n) is 8.05. The molecule has 0 unspecified atom stereocenters. The number of para-hydroxylation sites is 1. The fourth-order valence-electron chi connectivity index (χ4n) is 4.25. The van der Waals surface area contributed by atoms with Crippen molar-refractivity contribution in [2.24, 2.45) is 0 Å². The molecule has 1 amide bonds. The minimum absolute atomic E-state index is 0.0310. The summed E-state index contributed by atoms with van der Waals surface area (Å²) in [7, 11) is 0. The van der Waals surface area contributed by atoms with Gasteiger partial charge in [-0.25, -0.2) is 4.98 Å². The summed E-state index contributed by atoms with van der Waals surface area (Å²) >= 11 is 0. The van der Waals surface area contributed by atoms with Crippen molar-refractivity contribution in [1.82, 2.24) is 24.9 Å². The Balaban J connectivity index is 1.22. The monoisotopic (exact) mass is 442 g/mol. The van der Waals surface area contributed by atoms with Gasteiger partial charge in [0.15, 0.2) is 5.69 Å². The molecule has 4 aromatic rings. The summed E-state index contributed by atoms with van der Waals surface area (Å²) < 4.78 is 40.5. The van der Waals surface area contributed by atoms with Crippen LogP contribution in [0.2, 0.25) is 0 Å². The number of H-pyrrole nitrogens is 1. The van der Waals surface area contributed by atoms with Gasteiger partial charge in [0.25, 0.3) is 5.91 Å². The van der Waals surface area contributed by atoms with Gasteiger partial charge in [-0.05, 0) is 43.9 Å². The number of hydrogen-bond donors (Lipinski definition) is 3. The number of amides is 1. The predicted octanol–water partition coefficient (Wildman–Crippen LogP) is 4.38. The van der Waals surface area contributed by atoms with Crippen molar-refractivity contribution >= 4 is 28.3 Å². The summed E-state index contributed by atoms with van der Waals surface area (Å²) in [6.07, 6.45) is -0.373. The second kappa shape index (κ2) is 7.85. The van der Waals surface area contributed by atoms with E-state index in [9.17, 15) is 18.0 Å². The highest BCUT2D eigenvalue weighted by atomic mass is 19.4. The molecule has 5 rings (SSSR count). The summed E-state index contributed by atoms with van der Waals surface area (Å²) in [5, 5.41) is 14.2. The maximum absolute atomic E-state index is 13.0. The van der Waals surface area contributed by atoms with Gasteiger partial charge in [0, 0.05) is 23.7 Å². The third-order valence-electron chi connectivity index (χ3n) is 5.89. The van der Waals surface area contributed by atoms with E-state index in [-0.39, 0.29) is 23.6 Å². The Hall–Kier alpha value is -3.56. The highest BCUT2D eigenvalue weighted by Gasteiger charge is 2.34. The summed E-state index contributed by atoms with van der Waals surface area (Å²) in [6.45, 7) is 0. The molecule has 0 saturated heterocycles. The number of aromatic nitrogens is 4. The van der Waals surface area contributed by atoms with Crippen molar-refractivity contribution in [2.45, 2.75) is 43.9 Å². The van der Waals surface area contributed by atoms with Gasteiger partial charge in [0.1, 0.15) is 17.2 Å². The minimum atomic E-state index is -4.49. The average Bonchev–Trinajstić information content (AvgIpc) is 3.40. The lowest BCUT2D eigenvalue weighted by atomic mass is 9.91. The molecule has 1 aliphatic rings. The van der Waals surface area contributed by atoms with Crippen LogP contribution in [0.4, 0.5) is 19.0 Å². The lowest BCUT2D eigenvalue weighted by Gasteiger charge is -2.30. The van der Waals surface area contributed by atoms with Crippen molar-refractivity contribution < 1.29 is 18.0 Å². The SMILES string of the molecule is O=C(NC1CCC(Nc2cccc3nc(C(F)(F)F)cn23)CC1)c1[nH]nc2ccccc12. The molecule has 3 heterocycles. The number of carbonyl (C=O) groups excluding carboxylic acids is 1. The molecule has 0 bridgehead atoms. The van der Waals surface area contributed by atoms with Crippen LogP contribution in [0.15, 0.2) is 48.7 Å². The van der Waals surface area contributed by atoms with E-state index in [1.54, 1.807) is 18.2 Å². The first-order valence-corrected chi connectivity index (χ1v) is 10.4. The van der Waals surface area contributed by atoms with Crippen LogP contribution in [0, 0.1) is 0 Å². The van der Waals surface area contributed by atoms with Crippen LogP contribution in [0.3, 0.4) is 0 Å². The molecule has 166 valence electrons. The molecule has 7 nitrogen and oxygen atoms in total. The lowest BCUT2D eigenvalue weighted by Crippen LogP contribution is -2.40. The highest BCUT2D eigenvalue weighted by Crippen LogP contribution is 2.30. The topological polar surface area (TPSA) is 87.1 Å². The fourth-order valence-corrected chi connectivity index (χ4v) is 4.25. The van der Waals surface area contributed by atoms with Gasteiger partial charge in [-0.1, -0.05) is 24.3 Å². The Kier molecular flexibility index (Phi) is 4.99. The van der Waals surface area contributed by atoms with E-state index in [4.69, 9.17) is 0 Å². The van der Waals surface area contributed by atoms with Crippen LogP contribution in [0.25, 0.3) is 16.6 Å². The van der Waals surface area contributed by atoms with Crippen molar-refractivity contribution in [3.05, 3.63) is 60.0 Å². The molecule has 0 radical (unpaired) electrons. The van der Waals surface area contributed by atoms with E-state index in [0.29, 0.717) is 11.5 Å².